The molecule has 2 amide bonds. The van der Waals surface area contributed by atoms with Gasteiger partial charge in [-0.05, 0) is 88.8 Å². The Morgan fingerprint density at radius 2 is 0.867 bits per heavy atom. The molecule has 0 fully saturated rings. The number of nitrogens with zero attached hydrogens (tertiary/aromatic N) is 4. The van der Waals surface area contributed by atoms with E-state index in [9.17, 15) is 29.7 Å². The van der Waals surface area contributed by atoms with Crippen molar-refractivity contribution in [1.82, 2.24) is 9.80 Å². The predicted molar refractivity (Wildman–Crippen MR) is 236 cm³/mol. The molecule has 0 spiro atoms. The van der Waals surface area contributed by atoms with Crippen LogP contribution in [0.4, 0.5) is 0 Å². The Morgan fingerprint density at radius 1 is 0.550 bits per heavy atom. The highest BCUT2D eigenvalue weighted by Gasteiger charge is 2.48. The van der Waals surface area contributed by atoms with Crippen molar-refractivity contribution >= 4 is 47.3 Å². The second-order valence-electron chi connectivity index (χ2n) is 17.5. The molecule has 4 rings (SSSR count). The maximum absolute atomic E-state index is 14.8. The molecule has 60 heavy (non-hydrogen) atoms. The van der Waals surface area contributed by atoms with Crippen LogP contribution in [0.25, 0.3) is 23.5 Å². The van der Waals surface area contributed by atoms with E-state index >= 15 is 0 Å². The Kier molecular flexibility index (Phi) is 16.8. The number of hydrogen-bond donors (Lipinski definition) is 0. The normalized spacial score (nSPS) is 14.8. The van der Waals surface area contributed by atoms with Crippen molar-refractivity contribution in [1.29, 1.82) is 10.5 Å². The van der Waals surface area contributed by atoms with Gasteiger partial charge in [0.05, 0.1) is 22.5 Å². The number of hydrogen-bond acceptors (Lipinski definition) is 8. The van der Waals surface area contributed by atoms with Crippen LogP contribution in [0.1, 0.15) is 155 Å². The molecule has 0 aromatic heterocycles. The molecule has 2 aliphatic heterocycles. The summed E-state index contributed by atoms with van der Waals surface area (Å²) in [6.07, 6.45) is 15.3. The molecular weight excluding hydrogens is 753 g/mol. The van der Waals surface area contributed by atoms with Gasteiger partial charge in [0, 0.05) is 13.1 Å². The highest BCUT2D eigenvalue weighted by molar-refractivity contribution is 6.30. The second kappa shape index (κ2) is 21.5. The Balaban J connectivity index is 1.82. The highest BCUT2D eigenvalue weighted by atomic mass is 16.6. The fraction of sp³-hybridized carbons (Fsp3) is 0.480. The topological polar surface area (TPSA) is 141 Å². The first kappa shape index (κ1) is 46.9. The number of carbonyl (C=O) groups excluding carboxylic acids is 4. The lowest BCUT2D eigenvalue weighted by atomic mass is 10.00. The maximum Gasteiger partial charge on any atom is 0.349 e. The van der Waals surface area contributed by atoms with Gasteiger partial charge in [0.2, 0.25) is 0 Å². The highest BCUT2D eigenvalue weighted by Crippen LogP contribution is 2.47. The molecule has 2 heterocycles. The van der Waals surface area contributed by atoms with Crippen molar-refractivity contribution in [2.45, 2.75) is 144 Å². The number of benzene rings is 2. The van der Waals surface area contributed by atoms with Gasteiger partial charge in [0.25, 0.3) is 11.8 Å². The van der Waals surface area contributed by atoms with Crippen LogP contribution in [0, 0.1) is 22.7 Å². The van der Waals surface area contributed by atoms with E-state index in [1.54, 1.807) is 75.6 Å². The number of esters is 2. The van der Waals surface area contributed by atoms with Crippen LogP contribution in [-0.4, -0.2) is 57.8 Å². The predicted octanol–water partition coefficient (Wildman–Crippen LogP) is 10.7. The Morgan fingerprint density at radius 3 is 1.17 bits per heavy atom. The number of unbranched alkanes of at least 4 members (excludes halogenated alkanes) is 10. The van der Waals surface area contributed by atoms with Crippen molar-refractivity contribution in [3.8, 4) is 12.1 Å². The van der Waals surface area contributed by atoms with E-state index in [0.717, 1.165) is 77.0 Å². The van der Waals surface area contributed by atoms with Gasteiger partial charge in [-0.15, -0.1) is 0 Å². The lowest BCUT2D eigenvalue weighted by Crippen LogP contribution is -2.31. The molecule has 2 aromatic carbocycles. The summed E-state index contributed by atoms with van der Waals surface area (Å²) in [5.41, 5.74) is 2.57. The molecule has 0 bridgehead atoms. The number of carbonyl (C=O) groups is 4. The van der Waals surface area contributed by atoms with Gasteiger partial charge in [-0.2, -0.15) is 10.5 Å². The number of ether oxygens (including phenoxy) is 2. The van der Waals surface area contributed by atoms with Crippen molar-refractivity contribution in [2.75, 3.05) is 13.1 Å². The first-order valence-corrected chi connectivity index (χ1v) is 21.6. The molecule has 0 unspecified atom stereocenters. The largest absolute Gasteiger partial charge is 0.456 e. The molecule has 10 heteroatoms. The molecule has 0 aliphatic carbocycles. The molecule has 0 N–H and O–H groups in total. The first-order valence-electron chi connectivity index (χ1n) is 21.6. The van der Waals surface area contributed by atoms with Crippen LogP contribution in [0.15, 0.2) is 70.8 Å². The molecule has 318 valence electrons. The standard InChI is InChI=1S/C50H62N4O6/c1-9-11-13-15-17-19-29-53-43(37-25-21-35(22-26-37)31-39(33-51)47(57)59-49(3,4)5)41-42(45(53)55)44(54(46(41)56)30-20-18-16-14-12-10-2)38-27-23-36(24-28-38)32-40(34-52)48(58)60-50(6,7)8/h21-28,31-32H,9-20,29-30H2,1-8H3/b39-31+,40-32+. The third kappa shape index (κ3) is 12.6. The quantitative estimate of drug-likeness (QED) is 0.0557. The van der Waals surface area contributed by atoms with E-state index in [2.05, 4.69) is 13.8 Å². The monoisotopic (exact) mass is 814 g/mol. The minimum absolute atomic E-state index is 0.137. The van der Waals surface area contributed by atoms with E-state index in [1.165, 1.54) is 12.2 Å². The molecule has 0 radical (unpaired) electrons. The van der Waals surface area contributed by atoms with E-state index < -0.39 is 23.1 Å². The van der Waals surface area contributed by atoms with Crippen LogP contribution in [0.3, 0.4) is 0 Å². The van der Waals surface area contributed by atoms with Gasteiger partial charge >= 0.3 is 11.9 Å². The van der Waals surface area contributed by atoms with Crippen LogP contribution < -0.4 is 0 Å². The number of nitriles is 2. The zero-order chi connectivity index (χ0) is 44.0. The summed E-state index contributed by atoms with van der Waals surface area (Å²) in [5, 5.41) is 19.5. The van der Waals surface area contributed by atoms with Crippen molar-refractivity contribution in [3.05, 3.63) is 93.1 Å². The third-order valence-electron chi connectivity index (χ3n) is 10.1. The van der Waals surface area contributed by atoms with E-state index in [1.807, 2.05) is 36.4 Å². The number of fused-ring (bicyclic) bond motifs is 1. The van der Waals surface area contributed by atoms with E-state index in [0.29, 0.717) is 57.9 Å². The molecule has 2 aliphatic rings. The van der Waals surface area contributed by atoms with Gasteiger partial charge in [-0.25, -0.2) is 9.59 Å². The average Bonchev–Trinajstić information content (AvgIpc) is 3.64. The SMILES string of the molecule is CCCCCCCCN1C(=O)C2=C(c3ccc(/C=C(\C#N)C(=O)OC(C)(C)C)cc3)N(CCCCCCCC)C(=O)C2=C1c1ccc(/C=C(\C#N)C(=O)OC(C)(C)C)cc1. The Bertz CT molecular complexity index is 1940. The number of amides is 2. The maximum atomic E-state index is 14.8. The summed E-state index contributed by atoms with van der Waals surface area (Å²) in [7, 11) is 0. The van der Waals surface area contributed by atoms with Gasteiger partial charge in [0.15, 0.2) is 0 Å². The van der Waals surface area contributed by atoms with Crippen LogP contribution in [0.5, 0.6) is 0 Å². The molecule has 0 saturated heterocycles. The van der Waals surface area contributed by atoms with Crippen molar-refractivity contribution < 1.29 is 28.7 Å². The van der Waals surface area contributed by atoms with Gasteiger partial charge < -0.3 is 19.3 Å². The molecule has 2 aromatic rings. The van der Waals surface area contributed by atoms with Crippen LogP contribution >= 0.6 is 0 Å². The summed E-state index contributed by atoms with van der Waals surface area (Å²) in [4.78, 5) is 58.5. The Hall–Kier alpha value is -5.74. The van der Waals surface area contributed by atoms with Gasteiger partial charge in [0.1, 0.15) is 34.5 Å². The summed E-state index contributed by atoms with van der Waals surface area (Å²) in [6, 6.07) is 18.3. The summed E-state index contributed by atoms with van der Waals surface area (Å²) >= 11 is 0. The Labute approximate surface area is 357 Å². The molecular formula is C50H62N4O6. The number of rotatable bonds is 20. The van der Waals surface area contributed by atoms with Crippen molar-refractivity contribution in [2.24, 2.45) is 0 Å². The summed E-state index contributed by atoms with van der Waals surface area (Å²) < 4.78 is 10.8. The fourth-order valence-corrected chi connectivity index (χ4v) is 7.27. The summed E-state index contributed by atoms with van der Waals surface area (Å²) in [6.45, 7) is 15.7. The lowest BCUT2D eigenvalue weighted by molar-refractivity contribution is -0.150. The fourth-order valence-electron chi connectivity index (χ4n) is 7.27. The minimum Gasteiger partial charge on any atom is -0.456 e. The zero-order valence-corrected chi connectivity index (χ0v) is 36.9. The molecule has 0 atom stereocenters. The second-order valence-corrected chi connectivity index (χ2v) is 17.5. The van der Waals surface area contributed by atoms with Gasteiger partial charge in [-0.1, -0.05) is 127 Å². The molecule has 10 nitrogen and oxygen atoms in total. The minimum atomic E-state index is -0.762. The lowest BCUT2D eigenvalue weighted by Gasteiger charge is -2.25. The van der Waals surface area contributed by atoms with E-state index in [4.69, 9.17) is 9.47 Å². The molecule has 0 saturated carbocycles. The van der Waals surface area contributed by atoms with Crippen LogP contribution in [-0.2, 0) is 28.7 Å². The van der Waals surface area contributed by atoms with Gasteiger partial charge in [-0.3, -0.25) is 9.59 Å². The average molecular weight is 815 g/mol. The first-order chi connectivity index (χ1) is 28.5. The van der Waals surface area contributed by atoms with E-state index in [-0.39, 0.29) is 23.0 Å². The third-order valence-corrected chi connectivity index (χ3v) is 10.1. The smallest absolute Gasteiger partial charge is 0.349 e. The van der Waals surface area contributed by atoms with Crippen LogP contribution in [0.2, 0.25) is 0 Å². The summed E-state index contributed by atoms with van der Waals surface area (Å²) in [5.74, 6) is -1.90. The van der Waals surface area contributed by atoms with Crippen molar-refractivity contribution in [3.63, 3.8) is 0 Å². The zero-order valence-electron chi connectivity index (χ0n) is 36.9.